The van der Waals surface area contributed by atoms with Crippen LogP contribution in [0.3, 0.4) is 0 Å². The third kappa shape index (κ3) is 7.75. The van der Waals surface area contributed by atoms with Crippen LogP contribution in [-0.2, 0) is 26.2 Å². The van der Waals surface area contributed by atoms with E-state index >= 15 is 0 Å². The molecule has 0 spiro atoms. The molecule has 0 aliphatic carbocycles. The summed E-state index contributed by atoms with van der Waals surface area (Å²) in [4.78, 5) is 27.6. The lowest BCUT2D eigenvalue weighted by molar-refractivity contribution is -0.139. The topological polar surface area (TPSA) is 86.8 Å². The summed E-state index contributed by atoms with van der Waals surface area (Å²) in [6.07, 6.45) is 1.04. The molecule has 0 aromatic heterocycles. The van der Waals surface area contributed by atoms with Gasteiger partial charge in [-0.05, 0) is 43.0 Å². The van der Waals surface area contributed by atoms with Crippen molar-refractivity contribution in [2.75, 3.05) is 23.7 Å². The summed E-state index contributed by atoms with van der Waals surface area (Å²) < 4.78 is 26.1. The highest BCUT2D eigenvalue weighted by molar-refractivity contribution is 7.92. The fourth-order valence-electron chi connectivity index (χ4n) is 3.17. The molecule has 2 aromatic rings. The van der Waals surface area contributed by atoms with Crippen molar-refractivity contribution in [1.29, 1.82) is 0 Å². The largest absolute Gasteiger partial charge is 0.354 e. The van der Waals surface area contributed by atoms with E-state index in [4.69, 9.17) is 11.6 Å². The second-order valence-electron chi connectivity index (χ2n) is 8.53. The Morgan fingerprint density at radius 2 is 1.70 bits per heavy atom. The van der Waals surface area contributed by atoms with E-state index in [1.165, 1.54) is 11.0 Å². The monoisotopic (exact) mass is 493 g/mol. The first-order valence-corrected chi connectivity index (χ1v) is 13.0. The first-order chi connectivity index (χ1) is 15.4. The molecule has 2 rings (SSSR count). The smallest absolute Gasteiger partial charge is 0.244 e. The number of sulfonamides is 1. The number of anilines is 1. The van der Waals surface area contributed by atoms with Crippen molar-refractivity contribution in [3.63, 3.8) is 0 Å². The molecule has 1 atom stereocenters. The molecule has 9 heteroatoms. The van der Waals surface area contributed by atoms with Gasteiger partial charge in [0.15, 0.2) is 0 Å². The minimum atomic E-state index is -3.79. The number of nitrogens with one attached hydrogen (secondary N) is 1. The molecule has 0 saturated carbocycles. The lowest BCUT2D eigenvalue weighted by Crippen LogP contribution is -2.51. The average Bonchev–Trinajstić information content (AvgIpc) is 2.75. The Bertz CT molecular complexity index is 1070. The maximum Gasteiger partial charge on any atom is 0.244 e. The number of benzene rings is 2. The van der Waals surface area contributed by atoms with Gasteiger partial charge in [-0.2, -0.15) is 0 Å². The predicted octanol–water partition coefficient (Wildman–Crippen LogP) is 3.60. The Labute approximate surface area is 201 Å². The lowest BCUT2D eigenvalue weighted by atomic mass is 10.1. The lowest BCUT2D eigenvalue weighted by Gasteiger charge is -2.31. The van der Waals surface area contributed by atoms with E-state index in [-0.39, 0.29) is 24.1 Å². The first kappa shape index (κ1) is 26.7. The van der Waals surface area contributed by atoms with Gasteiger partial charge in [0.2, 0.25) is 21.8 Å². The van der Waals surface area contributed by atoms with Gasteiger partial charge in [-0.25, -0.2) is 8.42 Å². The van der Waals surface area contributed by atoms with Gasteiger partial charge in [-0.3, -0.25) is 13.9 Å². The highest BCUT2D eigenvalue weighted by Crippen LogP contribution is 2.25. The van der Waals surface area contributed by atoms with E-state index in [1.807, 2.05) is 44.2 Å². The quantitative estimate of drug-likeness (QED) is 0.547. The molecule has 0 aliphatic rings. The third-order valence-electron chi connectivity index (χ3n) is 5.17. The van der Waals surface area contributed by atoms with Gasteiger partial charge >= 0.3 is 0 Å². The molecule has 0 radical (unpaired) electrons. The van der Waals surface area contributed by atoms with Crippen molar-refractivity contribution in [2.24, 2.45) is 5.92 Å². The Hall–Kier alpha value is -2.58. The van der Waals surface area contributed by atoms with Gasteiger partial charge in [0.25, 0.3) is 0 Å². The van der Waals surface area contributed by atoms with Crippen LogP contribution in [0.5, 0.6) is 0 Å². The number of carbonyl (C=O) groups is 2. The van der Waals surface area contributed by atoms with Crippen LogP contribution in [0.1, 0.15) is 31.9 Å². The molecular weight excluding hydrogens is 462 g/mol. The number of amides is 2. The molecule has 0 saturated heterocycles. The van der Waals surface area contributed by atoms with E-state index in [1.54, 1.807) is 26.0 Å². The van der Waals surface area contributed by atoms with Crippen molar-refractivity contribution >= 4 is 39.1 Å². The number of carbonyl (C=O) groups excluding carboxylic acids is 2. The summed E-state index contributed by atoms with van der Waals surface area (Å²) in [7, 11) is -3.79. The van der Waals surface area contributed by atoms with Crippen molar-refractivity contribution in [3.8, 4) is 0 Å². The molecule has 33 heavy (non-hydrogen) atoms. The summed E-state index contributed by atoms with van der Waals surface area (Å²) in [5.41, 5.74) is 1.91. The van der Waals surface area contributed by atoms with E-state index in [0.717, 1.165) is 21.7 Å². The molecule has 1 N–H and O–H groups in total. The van der Waals surface area contributed by atoms with Crippen LogP contribution < -0.4 is 9.62 Å². The highest BCUT2D eigenvalue weighted by atomic mass is 35.5. The Kier molecular flexibility index (Phi) is 9.31. The van der Waals surface area contributed by atoms with Crippen LogP contribution in [0.4, 0.5) is 5.69 Å². The zero-order valence-corrected chi connectivity index (χ0v) is 21.3. The summed E-state index contributed by atoms with van der Waals surface area (Å²) in [6, 6.07) is 13.3. The Morgan fingerprint density at radius 1 is 1.06 bits per heavy atom. The normalized spacial score (nSPS) is 12.3. The van der Waals surface area contributed by atoms with E-state index in [9.17, 15) is 18.0 Å². The SMILES string of the molecule is Cc1ccc(N(CC(=O)N(Cc2ccccc2)[C@H](C)C(=O)NCC(C)C)S(C)(=O)=O)cc1Cl. The van der Waals surface area contributed by atoms with Crippen LogP contribution in [-0.4, -0.2) is 50.5 Å². The highest BCUT2D eigenvalue weighted by Gasteiger charge is 2.30. The number of hydrogen-bond donors (Lipinski definition) is 1. The van der Waals surface area contributed by atoms with E-state index in [0.29, 0.717) is 11.6 Å². The average molecular weight is 494 g/mol. The number of halogens is 1. The van der Waals surface area contributed by atoms with Gasteiger partial charge in [0, 0.05) is 18.1 Å². The van der Waals surface area contributed by atoms with Gasteiger partial charge in [-0.1, -0.05) is 61.8 Å². The summed E-state index contributed by atoms with van der Waals surface area (Å²) in [5, 5.41) is 3.25. The van der Waals surface area contributed by atoms with Crippen molar-refractivity contribution < 1.29 is 18.0 Å². The van der Waals surface area contributed by atoms with E-state index < -0.39 is 28.5 Å². The fraction of sp³-hybridized carbons (Fsp3) is 0.417. The number of hydrogen-bond acceptors (Lipinski definition) is 4. The van der Waals surface area contributed by atoms with Crippen molar-refractivity contribution in [2.45, 2.75) is 40.3 Å². The molecule has 0 bridgehead atoms. The van der Waals surface area contributed by atoms with Crippen LogP contribution in [0.15, 0.2) is 48.5 Å². The molecule has 2 aromatic carbocycles. The molecule has 7 nitrogen and oxygen atoms in total. The Morgan fingerprint density at radius 3 is 2.24 bits per heavy atom. The summed E-state index contributed by atoms with van der Waals surface area (Å²) in [5.74, 6) is -0.531. The zero-order valence-electron chi connectivity index (χ0n) is 19.7. The molecule has 0 unspecified atom stereocenters. The molecule has 0 aliphatic heterocycles. The summed E-state index contributed by atoms with van der Waals surface area (Å²) >= 11 is 6.20. The third-order valence-corrected chi connectivity index (χ3v) is 6.72. The van der Waals surface area contributed by atoms with Crippen LogP contribution in [0.2, 0.25) is 5.02 Å². The maximum atomic E-state index is 13.4. The molecule has 0 heterocycles. The van der Waals surface area contributed by atoms with E-state index in [2.05, 4.69) is 5.32 Å². The number of aryl methyl sites for hydroxylation is 1. The molecular formula is C24H32ClN3O4S. The minimum absolute atomic E-state index is 0.169. The molecule has 180 valence electrons. The van der Waals surface area contributed by atoms with Gasteiger partial charge in [0.1, 0.15) is 12.6 Å². The van der Waals surface area contributed by atoms with Gasteiger partial charge in [-0.15, -0.1) is 0 Å². The van der Waals surface area contributed by atoms with Crippen molar-refractivity contribution in [3.05, 3.63) is 64.7 Å². The number of nitrogens with zero attached hydrogens (tertiary/aromatic N) is 2. The fourth-order valence-corrected chi connectivity index (χ4v) is 4.18. The summed E-state index contributed by atoms with van der Waals surface area (Å²) in [6.45, 7) is 7.61. The number of rotatable bonds is 10. The second kappa shape index (κ2) is 11.5. The maximum absolute atomic E-state index is 13.4. The van der Waals surface area contributed by atoms with Gasteiger partial charge < -0.3 is 10.2 Å². The Balaban J connectivity index is 2.36. The molecule has 2 amide bonds. The van der Waals surface area contributed by atoms with Crippen molar-refractivity contribution in [1.82, 2.24) is 10.2 Å². The zero-order chi connectivity index (χ0) is 24.8. The second-order valence-corrected chi connectivity index (χ2v) is 10.8. The van der Waals surface area contributed by atoms with Crippen LogP contribution in [0, 0.1) is 12.8 Å². The van der Waals surface area contributed by atoms with Crippen LogP contribution in [0.25, 0.3) is 0 Å². The van der Waals surface area contributed by atoms with Gasteiger partial charge in [0.05, 0.1) is 11.9 Å². The first-order valence-electron chi connectivity index (χ1n) is 10.7. The minimum Gasteiger partial charge on any atom is -0.354 e. The predicted molar refractivity (Wildman–Crippen MR) is 133 cm³/mol. The van der Waals surface area contributed by atoms with Crippen LogP contribution >= 0.6 is 11.6 Å². The standard InChI is InChI=1S/C24H32ClN3O4S/c1-17(2)14-26-24(30)19(4)27(15-20-9-7-6-8-10-20)23(29)16-28(33(5,31)32)21-12-11-18(3)22(25)13-21/h6-13,17,19H,14-16H2,1-5H3,(H,26,30)/t19-/m1/s1. The molecule has 0 fully saturated rings.